The first-order valence-electron chi connectivity index (χ1n) is 6.67. The van der Waals surface area contributed by atoms with Gasteiger partial charge in [0, 0.05) is 0 Å². The van der Waals surface area contributed by atoms with E-state index < -0.39 is 0 Å². The van der Waals surface area contributed by atoms with Gasteiger partial charge in [0.05, 0.1) is 6.61 Å². The molecule has 94 valence electrons. The Kier molecular flexibility index (Phi) is 3.20. The fourth-order valence-electron chi connectivity index (χ4n) is 2.88. The van der Waals surface area contributed by atoms with Crippen LogP contribution in [0.3, 0.4) is 0 Å². The molecule has 1 aliphatic carbocycles. The highest BCUT2D eigenvalue weighted by atomic mass is 16.5. The molecule has 0 N–H and O–H groups in total. The van der Waals surface area contributed by atoms with Gasteiger partial charge >= 0.3 is 0 Å². The average molecular weight is 232 g/mol. The van der Waals surface area contributed by atoms with E-state index in [1.165, 1.54) is 29.5 Å². The van der Waals surface area contributed by atoms with Crippen molar-refractivity contribution in [2.24, 2.45) is 5.92 Å². The van der Waals surface area contributed by atoms with Crippen molar-refractivity contribution < 1.29 is 4.74 Å². The molecular formula is C16H24O. The lowest BCUT2D eigenvalue weighted by molar-refractivity contribution is 0.268. The zero-order valence-corrected chi connectivity index (χ0v) is 11.8. The van der Waals surface area contributed by atoms with Crippen molar-refractivity contribution in [2.45, 2.75) is 52.9 Å². The SMILES string of the molecule is Cc1c(OCC(C)C)ccc2c1C(C)(C)CC2. The van der Waals surface area contributed by atoms with Gasteiger partial charge in [0.15, 0.2) is 0 Å². The minimum Gasteiger partial charge on any atom is -0.493 e. The number of ether oxygens (including phenoxy) is 1. The van der Waals surface area contributed by atoms with Crippen molar-refractivity contribution in [1.29, 1.82) is 0 Å². The molecule has 0 amide bonds. The van der Waals surface area contributed by atoms with Crippen molar-refractivity contribution in [1.82, 2.24) is 0 Å². The summed E-state index contributed by atoms with van der Waals surface area (Å²) in [5.41, 5.74) is 4.71. The minimum absolute atomic E-state index is 0.316. The third-order valence-corrected chi connectivity index (χ3v) is 3.77. The van der Waals surface area contributed by atoms with Gasteiger partial charge in [0.1, 0.15) is 5.75 Å². The molecule has 0 fully saturated rings. The Morgan fingerprint density at radius 1 is 1.29 bits per heavy atom. The molecule has 0 heterocycles. The second-order valence-corrected chi connectivity index (χ2v) is 6.31. The smallest absolute Gasteiger partial charge is 0.122 e. The van der Waals surface area contributed by atoms with Crippen LogP contribution in [0, 0.1) is 12.8 Å². The van der Waals surface area contributed by atoms with Crippen molar-refractivity contribution in [2.75, 3.05) is 6.61 Å². The van der Waals surface area contributed by atoms with Gasteiger partial charge in [-0.05, 0) is 53.9 Å². The van der Waals surface area contributed by atoms with Crippen LogP contribution in [-0.4, -0.2) is 6.61 Å². The molecule has 1 aliphatic rings. The summed E-state index contributed by atoms with van der Waals surface area (Å²) in [5, 5.41) is 0. The van der Waals surface area contributed by atoms with Crippen LogP contribution in [0.2, 0.25) is 0 Å². The van der Waals surface area contributed by atoms with E-state index in [4.69, 9.17) is 4.74 Å². The summed E-state index contributed by atoms with van der Waals surface area (Å²) in [6.07, 6.45) is 2.48. The van der Waals surface area contributed by atoms with E-state index >= 15 is 0 Å². The molecule has 0 aliphatic heterocycles. The fraction of sp³-hybridized carbons (Fsp3) is 0.625. The van der Waals surface area contributed by atoms with Crippen LogP contribution in [0.4, 0.5) is 0 Å². The Morgan fingerprint density at radius 3 is 2.65 bits per heavy atom. The Bertz CT molecular complexity index is 416. The van der Waals surface area contributed by atoms with Crippen LogP contribution in [0.5, 0.6) is 5.75 Å². The lowest BCUT2D eigenvalue weighted by Crippen LogP contribution is -2.15. The van der Waals surface area contributed by atoms with E-state index in [1.807, 2.05) is 0 Å². The molecule has 0 saturated carbocycles. The Labute approximate surface area is 105 Å². The second kappa shape index (κ2) is 4.36. The van der Waals surface area contributed by atoms with Gasteiger partial charge in [-0.2, -0.15) is 0 Å². The molecule has 0 aromatic heterocycles. The quantitative estimate of drug-likeness (QED) is 0.757. The second-order valence-electron chi connectivity index (χ2n) is 6.31. The molecule has 0 saturated heterocycles. The predicted octanol–water partition coefficient (Wildman–Crippen LogP) is 4.25. The van der Waals surface area contributed by atoms with E-state index in [2.05, 4.69) is 46.8 Å². The summed E-state index contributed by atoms with van der Waals surface area (Å²) in [4.78, 5) is 0. The lowest BCUT2D eigenvalue weighted by atomic mass is 9.84. The highest BCUT2D eigenvalue weighted by molar-refractivity contribution is 5.50. The van der Waals surface area contributed by atoms with Crippen LogP contribution in [0.25, 0.3) is 0 Å². The molecule has 1 aromatic carbocycles. The number of benzene rings is 1. The van der Waals surface area contributed by atoms with E-state index in [0.29, 0.717) is 11.3 Å². The minimum atomic E-state index is 0.316. The molecule has 1 heteroatoms. The van der Waals surface area contributed by atoms with E-state index in [-0.39, 0.29) is 0 Å². The Hall–Kier alpha value is -0.980. The topological polar surface area (TPSA) is 9.23 Å². The van der Waals surface area contributed by atoms with Crippen LogP contribution in [0.1, 0.15) is 50.8 Å². The lowest BCUT2D eigenvalue weighted by Gasteiger charge is -2.23. The van der Waals surface area contributed by atoms with Gasteiger partial charge in [-0.25, -0.2) is 0 Å². The van der Waals surface area contributed by atoms with Crippen molar-refractivity contribution >= 4 is 0 Å². The highest BCUT2D eigenvalue weighted by Crippen LogP contribution is 2.42. The molecular weight excluding hydrogens is 208 g/mol. The first-order valence-corrected chi connectivity index (χ1v) is 6.67. The van der Waals surface area contributed by atoms with Crippen LogP contribution >= 0.6 is 0 Å². The van der Waals surface area contributed by atoms with Crippen molar-refractivity contribution in [3.05, 3.63) is 28.8 Å². The largest absolute Gasteiger partial charge is 0.493 e. The first kappa shape index (κ1) is 12.5. The third kappa shape index (κ3) is 2.34. The fourth-order valence-corrected chi connectivity index (χ4v) is 2.88. The normalized spacial score (nSPS) is 17.3. The van der Waals surface area contributed by atoms with E-state index in [0.717, 1.165) is 12.4 Å². The molecule has 0 bridgehead atoms. The van der Waals surface area contributed by atoms with Gasteiger partial charge < -0.3 is 4.74 Å². The molecule has 17 heavy (non-hydrogen) atoms. The number of aryl methyl sites for hydroxylation is 1. The number of fused-ring (bicyclic) bond motifs is 1. The maximum atomic E-state index is 5.92. The van der Waals surface area contributed by atoms with Crippen molar-refractivity contribution in [3.63, 3.8) is 0 Å². The van der Waals surface area contributed by atoms with E-state index in [9.17, 15) is 0 Å². The summed E-state index contributed by atoms with van der Waals surface area (Å²) in [6, 6.07) is 4.41. The first-order chi connectivity index (χ1) is 7.92. The Balaban J connectivity index is 2.33. The highest BCUT2D eigenvalue weighted by Gasteiger charge is 2.32. The maximum absolute atomic E-state index is 5.92. The summed E-state index contributed by atoms with van der Waals surface area (Å²) < 4.78 is 5.92. The number of hydrogen-bond acceptors (Lipinski definition) is 1. The summed E-state index contributed by atoms with van der Waals surface area (Å²) in [6.45, 7) is 12.1. The van der Waals surface area contributed by atoms with Crippen molar-refractivity contribution in [3.8, 4) is 5.75 Å². The monoisotopic (exact) mass is 232 g/mol. The molecule has 0 atom stereocenters. The molecule has 1 nitrogen and oxygen atoms in total. The maximum Gasteiger partial charge on any atom is 0.122 e. The van der Waals surface area contributed by atoms with E-state index in [1.54, 1.807) is 0 Å². The standard InChI is InChI=1S/C16H24O/c1-11(2)10-17-14-7-6-13-8-9-16(4,5)15(13)12(14)3/h6-7,11H,8-10H2,1-5H3. The van der Waals surface area contributed by atoms with Gasteiger partial charge in [-0.15, -0.1) is 0 Å². The molecule has 2 rings (SSSR count). The number of hydrogen-bond donors (Lipinski definition) is 0. The van der Waals surface area contributed by atoms with Crippen LogP contribution < -0.4 is 4.74 Å². The molecule has 1 aromatic rings. The third-order valence-electron chi connectivity index (χ3n) is 3.77. The average Bonchev–Trinajstić information content (AvgIpc) is 2.54. The zero-order chi connectivity index (χ0) is 12.6. The van der Waals surface area contributed by atoms with Gasteiger partial charge in [0.2, 0.25) is 0 Å². The summed E-state index contributed by atoms with van der Waals surface area (Å²) in [5.74, 6) is 1.66. The van der Waals surface area contributed by atoms with Gasteiger partial charge in [0.25, 0.3) is 0 Å². The number of rotatable bonds is 3. The summed E-state index contributed by atoms with van der Waals surface area (Å²) in [7, 11) is 0. The molecule has 0 radical (unpaired) electrons. The Morgan fingerprint density at radius 2 is 2.00 bits per heavy atom. The van der Waals surface area contributed by atoms with Gasteiger partial charge in [-0.1, -0.05) is 33.8 Å². The summed E-state index contributed by atoms with van der Waals surface area (Å²) >= 11 is 0. The predicted molar refractivity (Wildman–Crippen MR) is 72.9 cm³/mol. The zero-order valence-electron chi connectivity index (χ0n) is 11.8. The van der Waals surface area contributed by atoms with Crippen LogP contribution in [0.15, 0.2) is 12.1 Å². The molecule has 0 spiro atoms. The van der Waals surface area contributed by atoms with Gasteiger partial charge in [-0.3, -0.25) is 0 Å². The molecule has 0 unspecified atom stereocenters. The van der Waals surface area contributed by atoms with Crippen LogP contribution in [-0.2, 0) is 11.8 Å².